The van der Waals surface area contributed by atoms with Gasteiger partial charge >= 0.3 is 0 Å². The highest BCUT2D eigenvalue weighted by atomic mass is 32.2. The predicted octanol–water partition coefficient (Wildman–Crippen LogP) is -1.21. The molecule has 0 spiro atoms. The molecule has 1 rings (SSSR count). The Morgan fingerprint density at radius 3 is 1.62 bits per heavy atom. The maximum Gasteiger partial charge on any atom is 0.162 e. The molecule has 0 saturated carbocycles. The summed E-state index contributed by atoms with van der Waals surface area (Å²) in [7, 11) is -6.71. The first-order valence-corrected chi connectivity index (χ1v) is 7.38. The summed E-state index contributed by atoms with van der Waals surface area (Å²) in [4.78, 5) is 10.9. The number of carbonyl (C=O) groups is 1. The molecule has 0 atom stereocenters. The Morgan fingerprint density at radius 1 is 0.846 bits per heavy atom. The van der Waals surface area contributed by atoms with Crippen LogP contribution in [-0.4, -0.2) is 45.6 Å². The van der Waals surface area contributed by atoms with E-state index in [1.54, 1.807) is 0 Å². The van der Waals surface area contributed by atoms with E-state index in [9.17, 15) is 21.6 Å². The van der Waals surface area contributed by atoms with Gasteiger partial charge in [0, 0.05) is 0 Å². The number of hydrogen-bond donors (Lipinski definition) is 0. The highest BCUT2D eigenvalue weighted by Gasteiger charge is 2.25. The van der Waals surface area contributed by atoms with E-state index < -0.39 is 37.0 Å². The van der Waals surface area contributed by atoms with Crippen molar-refractivity contribution in [1.82, 2.24) is 0 Å². The zero-order valence-electron chi connectivity index (χ0n) is 6.89. The second-order valence-corrected chi connectivity index (χ2v) is 7.44. The van der Waals surface area contributed by atoms with Crippen LogP contribution in [0.25, 0.3) is 0 Å². The van der Waals surface area contributed by atoms with Crippen molar-refractivity contribution in [3.8, 4) is 0 Å². The van der Waals surface area contributed by atoms with Crippen LogP contribution in [0.1, 0.15) is 6.42 Å². The van der Waals surface area contributed by atoms with E-state index >= 15 is 0 Å². The molecule has 0 aromatic carbocycles. The minimum Gasteiger partial charge on any atom is -0.297 e. The number of rotatable bonds is 0. The topological polar surface area (TPSA) is 85.3 Å². The first kappa shape index (κ1) is 10.6. The molecule has 13 heavy (non-hydrogen) atoms. The van der Waals surface area contributed by atoms with Gasteiger partial charge in [-0.3, -0.25) is 4.79 Å². The van der Waals surface area contributed by atoms with Crippen molar-refractivity contribution in [2.24, 2.45) is 0 Å². The van der Waals surface area contributed by atoms with Crippen LogP contribution in [0.15, 0.2) is 0 Å². The number of Topliss-reactive ketones (excluding diaryl/α,β-unsaturated/α-hetero) is 1. The summed E-state index contributed by atoms with van der Waals surface area (Å²) in [5, 5.41) is 0. The van der Waals surface area contributed by atoms with Crippen LogP contribution >= 0.6 is 0 Å². The maximum atomic E-state index is 11.0. The summed E-state index contributed by atoms with van der Waals surface area (Å²) in [5.74, 6) is -2.41. The minimum absolute atomic E-state index is 0.0952. The van der Waals surface area contributed by atoms with Gasteiger partial charge in [0.25, 0.3) is 0 Å². The fraction of sp³-hybridized carbons (Fsp3) is 0.833. The molecule has 0 amide bonds. The standard InChI is InChI=1S/C6H10O5S2/c7-6-4-12(8,9)2-1-3-13(10,11)5-6/h1-5H2. The van der Waals surface area contributed by atoms with E-state index in [1.807, 2.05) is 0 Å². The van der Waals surface area contributed by atoms with E-state index in [1.165, 1.54) is 0 Å². The Hall–Kier alpha value is -0.430. The molecule has 5 nitrogen and oxygen atoms in total. The first-order chi connectivity index (χ1) is 5.81. The molecule has 1 heterocycles. The Bertz CT molecular complexity index is 364. The van der Waals surface area contributed by atoms with Crippen LogP contribution in [0.2, 0.25) is 0 Å². The lowest BCUT2D eigenvalue weighted by molar-refractivity contribution is -0.114. The molecule has 1 aliphatic rings. The highest BCUT2D eigenvalue weighted by Crippen LogP contribution is 2.05. The summed E-state index contributed by atoms with van der Waals surface area (Å²) in [6.45, 7) is 0. The molecular weight excluding hydrogens is 216 g/mol. The highest BCUT2D eigenvalue weighted by molar-refractivity contribution is 7.94. The van der Waals surface area contributed by atoms with Crippen LogP contribution in [-0.2, 0) is 24.5 Å². The summed E-state index contributed by atoms with van der Waals surface area (Å²) in [5.41, 5.74) is 0. The Kier molecular flexibility index (Phi) is 2.76. The van der Waals surface area contributed by atoms with Crippen molar-refractivity contribution >= 4 is 25.5 Å². The lowest BCUT2D eigenvalue weighted by atomic mass is 10.5. The monoisotopic (exact) mass is 226 g/mol. The van der Waals surface area contributed by atoms with Crippen LogP contribution in [0.5, 0.6) is 0 Å². The third-order valence-electron chi connectivity index (χ3n) is 1.67. The van der Waals surface area contributed by atoms with Crippen LogP contribution in [0, 0.1) is 0 Å². The zero-order chi connectivity index (χ0) is 10.1. The Balaban J connectivity index is 2.89. The molecule has 7 heteroatoms. The third-order valence-corrected chi connectivity index (χ3v) is 5.02. The van der Waals surface area contributed by atoms with Gasteiger partial charge in [-0.05, 0) is 6.42 Å². The van der Waals surface area contributed by atoms with Gasteiger partial charge in [0.05, 0.1) is 11.5 Å². The first-order valence-electron chi connectivity index (χ1n) is 3.73. The van der Waals surface area contributed by atoms with Crippen LogP contribution in [0.4, 0.5) is 0 Å². The molecule has 1 saturated heterocycles. The minimum atomic E-state index is -3.36. The molecule has 0 N–H and O–H groups in total. The van der Waals surface area contributed by atoms with Gasteiger partial charge in [0.15, 0.2) is 25.5 Å². The van der Waals surface area contributed by atoms with Gasteiger partial charge in [-0.15, -0.1) is 0 Å². The van der Waals surface area contributed by atoms with Gasteiger partial charge < -0.3 is 0 Å². The van der Waals surface area contributed by atoms with E-state index in [2.05, 4.69) is 0 Å². The second kappa shape index (κ2) is 3.38. The average Bonchev–Trinajstić information content (AvgIpc) is 1.79. The number of carbonyl (C=O) groups excluding carboxylic acids is 1. The molecule has 0 aliphatic carbocycles. The number of ketones is 1. The smallest absolute Gasteiger partial charge is 0.162 e. The lowest BCUT2D eigenvalue weighted by Crippen LogP contribution is -2.30. The van der Waals surface area contributed by atoms with E-state index in [0.29, 0.717) is 0 Å². The fourth-order valence-electron chi connectivity index (χ4n) is 1.18. The van der Waals surface area contributed by atoms with Crippen LogP contribution < -0.4 is 0 Å². The molecule has 0 aromatic rings. The third kappa shape index (κ3) is 3.43. The molecule has 76 valence electrons. The maximum absolute atomic E-state index is 11.0. The summed E-state index contributed by atoms with van der Waals surface area (Å²) >= 11 is 0. The van der Waals surface area contributed by atoms with Gasteiger partial charge in [-0.2, -0.15) is 0 Å². The molecular formula is C6H10O5S2. The Labute approximate surface area is 77.0 Å². The summed E-state index contributed by atoms with van der Waals surface area (Å²) in [6, 6.07) is 0. The van der Waals surface area contributed by atoms with Gasteiger partial charge in [-0.1, -0.05) is 0 Å². The summed E-state index contributed by atoms with van der Waals surface area (Å²) in [6.07, 6.45) is 0.0952. The average molecular weight is 226 g/mol. The molecule has 0 bridgehead atoms. The van der Waals surface area contributed by atoms with E-state index in [0.717, 1.165) is 0 Å². The largest absolute Gasteiger partial charge is 0.297 e. The predicted molar refractivity (Wildman–Crippen MR) is 46.9 cm³/mol. The van der Waals surface area contributed by atoms with Gasteiger partial charge in [0.2, 0.25) is 0 Å². The van der Waals surface area contributed by atoms with Crippen molar-refractivity contribution in [1.29, 1.82) is 0 Å². The van der Waals surface area contributed by atoms with E-state index in [-0.39, 0.29) is 17.9 Å². The molecule has 1 aliphatic heterocycles. The normalized spacial score (nSPS) is 27.5. The summed E-state index contributed by atoms with van der Waals surface area (Å²) < 4.78 is 44.1. The van der Waals surface area contributed by atoms with E-state index in [4.69, 9.17) is 0 Å². The molecule has 1 fully saturated rings. The number of hydrogen-bond acceptors (Lipinski definition) is 5. The van der Waals surface area contributed by atoms with Gasteiger partial charge in [-0.25, -0.2) is 16.8 Å². The van der Waals surface area contributed by atoms with Crippen molar-refractivity contribution in [2.45, 2.75) is 6.42 Å². The lowest BCUT2D eigenvalue weighted by Gasteiger charge is -2.08. The van der Waals surface area contributed by atoms with Crippen molar-refractivity contribution in [3.63, 3.8) is 0 Å². The van der Waals surface area contributed by atoms with Gasteiger partial charge in [0.1, 0.15) is 11.5 Å². The SMILES string of the molecule is O=C1CS(=O)(=O)CCCS(=O)(=O)C1. The fourth-order valence-corrected chi connectivity index (χ4v) is 4.13. The molecule has 0 unspecified atom stereocenters. The molecule has 0 radical (unpaired) electrons. The van der Waals surface area contributed by atoms with Crippen molar-refractivity contribution < 1.29 is 21.6 Å². The van der Waals surface area contributed by atoms with Crippen molar-refractivity contribution in [3.05, 3.63) is 0 Å². The second-order valence-electron chi connectivity index (χ2n) is 3.08. The molecule has 0 aromatic heterocycles. The van der Waals surface area contributed by atoms with Crippen LogP contribution in [0.3, 0.4) is 0 Å². The Morgan fingerprint density at radius 2 is 1.23 bits per heavy atom. The number of sulfone groups is 2. The zero-order valence-corrected chi connectivity index (χ0v) is 8.53. The quantitative estimate of drug-likeness (QED) is 0.517. The van der Waals surface area contributed by atoms with Crippen molar-refractivity contribution in [2.75, 3.05) is 23.0 Å².